The van der Waals surface area contributed by atoms with Crippen LogP contribution < -0.4 is 27.0 Å². The third kappa shape index (κ3) is 18.9. The van der Waals surface area contributed by atoms with Crippen LogP contribution >= 0.6 is 7.82 Å². The molecule has 1 saturated heterocycles. The summed E-state index contributed by atoms with van der Waals surface area (Å²) in [5, 5.41) is 20.2. The highest BCUT2D eigenvalue weighted by molar-refractivity contribution is 7.47. The number of phosphoric ester groups is 1. The average Bonchev–Trinajstić information content (AvgIpc) is 3.94. The highest BCUT2D eigenvalue weighted by atomic mass is 31.2. The van der Waals surface area contributed by atoms with Crippen LogP contribution in [0.5, 0.6) is 0 Å². The quantitative estimate of drug-likeness (QED) is 0.0425. The lowest BCUT2D eigenvalue weighted by atomic mass is 10.0. The molecule has 0 radical (unpaired) electrons. The number of aliphatic hydroxyl groups excluding tert-OH is 1. The van der Waals surface area contributed by atoms with Crippen LogP contribution in [0, 0.1) is 5.92 Å². The van der Waals surface area contributed by atoms with Crippen molar-refractivity contribution in [3.8, 4) is 0 Å². The minimum absolute atomic E-state index is 0.0582. The number of nitrogens with two attached hydrogens (primary N) is 1. The maximum Gasteiger partial charge on any atom is 0.472 e. The first-order valence-corrected chi connectivity index (χ1v) is 23.1. The van der Waals surface area contributed by atoms with Gasteiger partial charge in [0.1, 0.15) is 30.2 Å². The molecule has 0 aliphatic carbocycles. The van der Waals surface area contributed by atoms with E-state index in [1.807, 2.05) is 58.0 Å². The molecular formula is C42H67N8O12P. The van der Waals surface area contributed by atoms with Crippen molar-refractivity contribution in [1.29, 1.82) is 0 Å². The predicted molar refractivity (Wildman–Crippen MR) is 231 cm³/mol. The van der Waals surface area contributed by atoms with Gasteiger partial charge in [0.2, 0.25) is 35.4 Å². The monoisotopic (exact) mass is 906 g/mol. The lowest BCUT2D eigenvalue weighted by molar-refractivity contribution is -0.140. The van der Waals surface area contributed by atoms with Crippen molar-refractivity contribution in [3.63, 3.8) is 0 Å². The molecule has 1 aromatic heterocycles. The van der Waals surface area contributed by atoms with Gasteiger partial charge in [0.15, 0.2) is 0 Å². The Bertz CT molecular complexity index is 1800. The summed E-state index contributed by atoms with van der Waals surface area (Å²) < 4.78 is 28.5. The van der Waals surface area contributed by atoms with Gasteiger partial charge in [-0.05, 0) is 70.8 Å². The minimum Gasteiger partial charge on any atom is -0.394 e. The van der Waals surface area contributed by atoms with Crippen molar-refractivity contribution in [2.45, 2.75) is 141 Å². The number of carbonyl (C=O) groups is 6. The summed E-state index contributed by atoms with van der Waals surface area (Å²) >= 11 is 0. The summed E-state index contributed by atoms with van der Waals surface area (Å²) in [4.78, 5) is 98.7. The number of primary amides is 1. The first-order valence-electron chi connectivity index (χ1n) is 21.6. The van der Waals surface area contributed by atoms with Crippen molar-refractivity contribution in [1.82, 2.24) is 36.1 Å². The number of nitrogens with one attached hydrogen (secondary N) is 5. The maximum atomic E-state index is 13.9. The van der Waals surface area contributed by atoms with Gasteiger partial charge in [-0.3, -0.25) is 37.8 Å². The standard InChI is InChI=1S/C42H67N8O12P/c1-27(2)22-32(47-42(57)35-17-13-19-50(35)36(52)18-21-60-28(3)4)39(54)46-33(23-31-24-44-26-45-31)40(55)48-34(25-51)41(56)49-37(38(43)53)29(5)62-63(58,59)61-20-12-7-6-9-14-30-15-10-8-11-16-30/h8,10-11,15-16,24,26-29,32-35,37,51H,6-7,9,12-14,17-23,25H2,1-5H3,(H2,43,53)(H,44,45)(H,46,54)(H,47,57)(H,48,55)(H,49,56)(H,58,59)/t29-,32+,33+,34+,35+,37+/m1/s1. The molecule has 0 spiro atoms. The molecule has 0 bridgehead atoms. The molecule has 6 amide bonds. The molecule has 0 saturated carbocycles. The van der Waals surface area contributed by atoms with Crippen molar-refractivity contribution >= 4 is 43.3 Å². The Morgan fingerprint density at radius 1 is 0.905 bits per heavy atom. The minimum atomic E-state index is -4.72. The zero-order chi connectivity index (χ0) is 46.5. The van der Waals surface area contributed by atoms with Gasteiger partial charge in [-0.2, -0.15) is 0 Å². The highest BCUT2D eigenvalue weighted by Crippen LogP contribution is 2.45. The van der Waals surface area contributed by atoms with Crippen molar-refractivity contribution < 1.29 is 57.1 Å². The van der Waals surface area contributed by atoms with Gasteiger partial charge in [0, 0.05) is 24.9 Å². The molecule has 21 heteroatoms. The van der Waals surface area contributed by atoms with E-state index in [0.29, 0.717) is 31.5 Å². The number of carbonyl (C=O) groups excluding carboxylic acids is 6. The van der Waals surface area contributed by atoms with Crippen molar-refractivity contribution in [2.24, 2.45) is 11.7 Å². The topological polar surface area (TPSA) is 294 Å². The van der Waals surface area contributed by atoms with Gasteiger partial charge < -0.3 is 51.6 Å². The van der Waals surface area contributed by atoms with Crippen LogP contribution in [0.2, 0.25) is 0 Å². The fourth-order valence-corrected chi connectivity index (χ4v) is 7.95. The average molecular weight is 907 g/mol. The number of aromatic amines is 1. The molecule has 352 valence electrons. The third-order valence-corrected chi connectivity index (χ3v) is 11.3. The zero-order valence-electron chi connectivity index (χ0n) is 37.0. The smallest absolute Gasteiger partial charge is 0.394 e. The number of amides is 6. The Balaban J connectivity index is 1.62. The molecule has 9 N–H and O–H groups in total. The summed E-state index contributed by atoms with van der Waals surface area (Å²) in [6.07, 6.45) is 6.27. The molecule has 1 unspecified atom stereocenters. The summed E-state index contributed by atoms with van der Waals surface area (Å²) in [5.74, 6) is -4.74. The lowest BCUT2D eigenvalue weighted by Crippen LogP contribution is -2.61. The Labute approximate surface area is 369 Å². The van der Waals surface area contributed by atoms with E-state index in [4.69, 9.17) is 19.5 Å². The van der Waals surface area contributed by atoms with Gasteiger partial charge in [-0.1, -0.05) is 57.0 Å². The number of aryl methyl sites for hydroxylation is 1. The summed E-state index contributed by atoms with van der Waals surface area (Å²) in [5.41, 5.74) is 7.16. The molecule has 2 aromatic rings. The lowest BCUT2D eigenvalue weighted by Gasteiger charge is -2.29. The normalized spacial score (nSPS) is 17.3. The molecule has 1 aromatic carbocycles. The van der Waals surface area contributed by atoms with Crippen LogP contribution in [0.1, 0.15) is 97.2 Å². The van der Waals surface area contributed by atoms with Crippen LogP contribution in [-0.2, 0) is 60.0 Å². The van der Waals surface area contributed by atoms with E-state index in [1.54, 1.807) is 0 Å². The van der Waals surface area contributed by atoms with Gasteiger partial charge in [0.25, 0.3) is 0 Å². The Kier molecular flexibility index (Phi) is 22.4. The molecule has 20 nitrogen and oxygen atoms in total. The van der Waals surface area contributed by atoms with Crippen molar-refractivity contribution in [2.75, 3.05) is 26.4 Å². The van der Waals surface area contributed by atoms with Crippen LogP contribution in [0.3, 0.4) is 0 Å². The van der Waals surface area contributed by atoms with E-state index in [1.165, 1.54) is 29.9 Å². The number of aromatic nitrogens is 2. The molecule has 3 rings (SSSR count). The van der Waals surface area contributed by atoms with Crippen LogP contribution in [0.15, 0.2) is 42.9 Å². The largest absolute Gasteiger partial charge is 0.472 e. The Hall–Kier alpha value is -4.72. The number of hydrogen-bond donors (Lipinski definition) is 8. The second kappa shape index (κ2) is 26.8. The van der Waals surface area contributed by atoms with E-state index in [-0.39, 0.29) is 50.4 Å². The number of aliphatic hydroxyl groups is 1. The Morgan fingerprint density at radius 2 is 1.57 bits per heavy atom. The zero-order valence-corrected chi connectivity index (χ0v) is 37.9. The molecule has 1 fully saturated rings. The predicted octanol–water partition coefficient (Wildman–Crippen LogP) is 1.55. The fraction of sp³-hybridized carbons (Fsp3) is 0.643. The summed E-state index contributed by atoms with van der Waals surface area (Å²) in [6, 6.07) is 3.29. The van der Waals surface area contributed by atoms with E-state index in [9.17, 15) is 43.3 Å². The number of rotatable bonds is 29. The fourth-order valence-electron chi connectivity index (χ4n) is 6.98. The van der Waals surface area contributed by atoms with Gasteiger partial charge in [0.05, 0.1) is 44.8 Å². The van der Waals surface area contributed by atoms with Gasteiger partial charge in [-0.25, -0.2) is 9.55 Å². The van der Waals surface area contributed by atoms with Crippen LogP contribution in [0.25, 0.3) is 0 Å². The SMILES string of the molecule is CC(C)C[C@H](NC(=O)[C@@H]1CCCN1C(=O)CCOC(C)C)C(=O)N[C@@H](Cc1cnc[nH]1)C(=O)N[C@@H](CO)C(=O)N[C@H](C(N)=O)[C@@H](C)OP(=O)(O)OCCCCCCc1ccccc1. The molecule has 63 heavy (non-hydrogen) atoms. The number of nitrogens with zero attached hydrogens (tertiary/aromatic N) is 2. The second-order valence-electron chi connectivity index (χ2n) is 16.3. The van der Waals surface area contributed by atoms with Gasteiger partial charge >= 0.3 is 7.82 Å². The first kappa shape index (κ1) is 52.6. The number of likely N-dealkylation sites (tertiary alicyclic amines) is 1. The third-order valence-electron chi connectivity index (χ3n) is 10.2. The number of H-pyrrole nitrogens is 1. The number of hydrogen-bond acceptors (Lipinski definition) is 12. The number of imidazole rings is 1. The molecule has 1 aliphatic heterocycles. The van der Waals surface area contributed by atoms with E-state index in [2.05, 4.69) is 31.2 Å². The van der Waals surface area contributed by atoms with E-state index < -0.39 is 80.3 Å². The highest BCUT2D eigenvalue weighted by Gasteiger charge is 2.38. The van der Waals surface area contributed by atoms with E-state index >= 15 is 0 Å². The second-order valence-corrected chi connectivity index (χ2v) is 17.7. The van der Waals surface area contributed by atoms with Crippen LogP contribution in [-0.4, -0.2) is 129 Å². The van der Waals surface area contributed by atoms with E-state index in [0.717, 1.165) is 25.7 Å². The number of benzene rings is 1. The van der Waals surface area contributed by atoms with Gasteiger partial charge in [-0.15, -0.1) is 0 Å². The Morgan fingerprint density at radius 3 is 2.21 bits per heavy atom. The molecule has 2 heterocycles. The number of phosphoric acid groups is 1. The number of unbranched alkanes of at least 4 members (excludes halogenated alkanes) is 3. The molecule has 7 atom stereocenters. The van der Waals surface area contributed by atoms with Crippen LogP contribution in [0.4, 0.5) is 0 Å². The molecular weight excluding hydrogens is 839 g/mol. The maximum absolute atomic E-state index is 13.9. The summed E-state index contributed by atoms with van der Waals surface area (Å²) in [6.45, 7) is 8.13. The molecule has 1 aliphatic rings. The number of ether oxygens (including phenoxy) is 1. The first-order chi connectivity index (χ1) is 29.9. The summed E-state index contributed by atoms with van der Waals surface area (Å²) in [7, 11) is -4.72. The van der Waals surface area contributed by atoms with Crippen molar-refractivity contribution in [3.05, 3.63) is 54.1 Å².